The molecule has 2 heterocycles. The van der Waals surface area contributed by atoms with Gasteiger partial charge in [0.25, 0.3) is 5.91 Å². The molecule has 3 aromatic rings. The van der Waals surface area contributed by atoms with E-state index in [4.69, 9.17) is 13.9 Å². The number of hydrogen-bond acceptors (Lipinski definition) is 6. The van der Waals surface area contributed by atoms with E-state index in [0.29, 0.717) is 23.4 Å². The van der Waals surface area contributed by atoms with E-state index in [1.807, 2.05) is 6.92 Å². The van der Waals surface area contributed by atoms with E-state index in [0.717, 1.165) is 29.7 Å². The molecule has 1 atom stereocenters. The van der Waals surface area contributed by atoms with Crippen LogP contribution in [-0.4, -0.2) is 18.0 Å². The number of aryl methyl sites for hydroxylation is 1. The van der Waals surface area contributed by atoms with Crippen molar-refractivity contribution >= 4 is 28.2 Å². The Bertz CT molecular complexity index is 1320. The van der Waals surface area contributed by atoms with Crippen molar-refractivity contribution in [2.75, 3.05) is 5.32 Å². The van der Waals surface area contributed by atoms with Crippen molar-refractivity contribution in [1.82, 2.24) is 0 Å². The van der Waals surface area contributed by atoms with E-state index in [9.17, 15) is 31.5 Å². The second-order valence-electron chi connectivity index (χ2n) is 8.45. The number of ether oxygens (including phenoxy) is 2. The molecule has 1 aliphatic rings. The molecule has 1 N–H and O–H groups in total. The largest absolute Gasteiger partial charge is 0.479 e. The Morgan fingerprint density at radius 2 is 1.68 bits per heavy atom. The van der Waals surface area contributed by atoms with E-state index in [1.54, 1.807) is 6.92 Å². The maximum absolute atomic E-state index is 13.8. The topological polar surface area (TPSA) is 77.8 Å². The third-order valence-corrected chi connectivity index (χ3v) is 7.11. The van der Waals surface area contributed by atoms with Crippen molar-refractivity contribution in [3.63, 3.8) is 0 Å². The fourth-order valence-corrected chi connectivity index (χ4v) is 5.06. The number of thiophene rings is 1. The number of carbonyl (C=O) groups is 2. The zero-order chi connectivity index (χ0) is 26.9. The van der Waals surface area contributed by atoms with Gasteiger partial charge in [-0.25, -0.2) is 18.0 Å². The van der Waals surface area contributed by atoms with Gasteiger partial charge >= 0.3 is 5.97 Å². The van der Waals surface area contributed by atoms with Gasteiger partial charge in [-0.05, 0) is 56.7 Å². The molecule has 12 heteroatoms. The van der Waals surface area contributed by atoms with Crippen LogP contribution in [0.2, 0.25) is 0 Å². The Morgan fingerprint density at radius 1 is 1.03 bits per heavy atom. The van der Waals surface area contributed by atoms with Crippen LogP contribution in [0.1, 0.15) is 70.2 Å². The molecule has 0 saturated heterocycles. The molecule has 0 radical (unpaired) electrons. The van der Waals surface area contributed by atoms with Gasteiger partial charge in [0.1, 0.15) is 17.4 Å². The van der Waals surface area contributed by atoms with E-state index in [-0.39, 0.29) is 17.6 Å². The Hall–Kier alpha value is -3.41. The lowest BCUT2D eigenvalue weighted by molar-refractivity contribution is 0.0335. The lowest BCUT2D eigenvalue weighted by Crippen LogP contribution is -2.18. The molecule has 37 heavy (non-hydrogen) atoms. The zero-order valence-electron chi connectivity index (χ0n) is 19.8. The van der Waals surface area contributed by atoms with Crippen LogP contribution in [0.4, 0.5) is 27.0 Å². The van der Waals surface area contributed by atoms with Crippen LogP contribution < -0.4 is 10.1 Å². The first-order valence-electron chi connectivity index (χ1n) is 11.5. The van der Waals surface area contributed by atoms with Gasteiger partial charge in [-0.1, -0.05) is 6.92 Å². The maximum atomic E-state index is 13.8. The fraction of sp³-hybridized carbons (Fsp3) is 0.360. The normalized spacial score (nSPS) is 13.7. The van der Waals surface area contributed by atoms with E-state index >= 15 is 0 Å². The van der Waals surface area contributed by atoms with Gasteiger partial charge in [-0.2, -0.15) is 8.78 Å². The Labute approximate surface area is 212 Å². The SMILES string of the molecule is CCC(C)OC(=O)c1c(NC(=O)c2ccc(COc3c(F)c(F)c(F)c(F)c3F)o2)sc2c1CCCC2. The van der Waals surface area contributed by atoms with E-state index in [1.165, 1.54) is 23.5 Å². The van der Waals surface area contributed by atoms with Crippen molar-refractivity contribution in [2.45, 2.75) is 58.7 Å². The van der Waals surface area contributed by atoms with Crippen LogP contribution in [0, 0.1) is 29.1 Å². The molecule has 0 bridgehead atoms. The van der Waals surface area contributed by atoms with Crippen LogP contribution in [0.5, 0.6) is 5.75 Å². The van der Waals surface area contributed by atoms with Crippen LogP contribution in [0.25, 0.3) is 0 Å². The minimum Gasteiger partial charge on any atom is -0.479 e. The molecule has 0 aliphatic heterocycles. The second-order valence-corrected chi connectivity index (χ2v) is 9.55. The molecular weight excluding hydrogens is 521 g/mol. The summed E-state index contributed by atoms with van der Waals surface area (Å²) in [5.74, 6) is -13.9. The predicted octanol–water partition coefficient (Wildman–Crippen LogP) is 6.70. The highest BCUT2D eigenvalue weighted by Gasteiger charge is 2.30. The second kappa shape index (κ2) is 10.9. The number of nitrogens with one attached hydrogen (secondary N) is 1. The number of esters is 1. The quantitative estimate of drug-likeness (QED) is 0.148. The summed E-state index contributed by atoms with van der Waals surface area (Å²) in [6.07, 6.45) is 3.66. The Morgan fingerprint density at radius 3 is 2.35 bits per heavy atom. The first kappa shape index (κ1) is 26.6. The van der Waals surface area contributed by atoms with Crippen LogP contribution in [-0.2, 0) is 24.2 Å². The number of hydrogen-bond donors (Lipinski definition) is 1. The summed E-state index contributed by atoms with van der Waals surface area (Å²) in [7, 11) is 0. The van der Waals surface area contributed by atoms with Crippen LogP contribution >= 0.6 is 11.3 Å². The highest BCUT2D eigenvalue weighted by Crippen LogP contribution is 2.39. The lowest BCUT2D eigenvalue weighted by Gasteiger charge is -2.15. The molecule has 1 unspecified atom stereocenters. The third kappa shape index (κ3) is 5.34. The van der Waals surface area contributed by atoms with Crippen molar-refractivity contribution in [3.8, 4) is 5.75 Å². The molecule has 1 aromatic carbocycles. The number of furan rings is 1. The zero-order valence-corrected chi connectivity index (χ0v) is 20.6. The van der Waals surface area contributed by atoms with E-state index in [2.05, 4.69) is 5.32 Å². The van der Waals surface area contributed by atoms with Gasteiger partial charge in [-0.3, -0.25) is 4.79 Å². The predicted molar refractivity (Wildman–Crippen MR) is 123 cm³/mol. The average Bonchev–Trinajstić information content (AvgIpc) is 3.50. The number of carbonyl (C=O) groups excluding carboxylic acids is 2. The van der Waals surface area contributed by atoms with Crippen LogP contribution in [0.3, 0.4) is 0 Å². The van der Waals surface area contributed by atoms with Gasteiger partial charge in [0.2, 0.25) is 29.1 Å². The summed E-state index contributed by atoms with van der Waals surface area (Å²) in [6, 6.07) is 2.50. The van der Waals surface area contributed by atoms with Gasteiger partial charge in [-0.15, -0.1) is 11.3 Å². The molecule has 6 nitrogen and oxygen atoms in total. The molecule has 198 valence electrons. The number of amides is 1. The summed E-state index contributed by atoms with van der Waals surface area (Å²) in [4.78, 5) is 26.7. The molecule has 4 rings (SSSR count). The highest BCUT2D eigenvalue weighted by atomic mass is 32.1. The lowest BCUT2D eigenvalue weighted by atomic mass is 9.95. The average molecular weight is 544 g/mol. The van der Waals surface area contributed by atoms with Crippen molar-refractivity contribution in [3.05, 3.63) is 68.7 Å². The maximum Gasteiger partial charge on any atom is 0.341 e. The minimum absolute atomic E-state index is 0.115. The number of rotatable bonds is 8. The van der Waals surface area contributed by atoms with Crippen molar-refractivity contribution in [2.24, 2.45) is 0 Å². The Kier molecular flexibility index (Phi) is 7.86. The first-order valence-corrected chi connectivity index (χ1v) is 12.3. The van der Waals surface area contributed by atoms with Crippen molar-refractivity contribution < 1.29 is 45.4 Å². The Balaban J connectivity index is 1.51. The number of halogens is 5. The van der Waals surface area contributed by atoms with E-state index < -0.39 is 53.3 Å². The third-order valence-electron chi connectivity index (χ3n) is 5.90. The molecule has 0 fully saturated rings. The minimum atomic E-state index is -2.30. The molecule has 0 saturated carbocycles. The first-order chi connectivity index (χ1) is 17.6. The van der Waals surface area contributed by atoms with Gasteiger partial charge in [0.15, 0.2) is 11.5 Å². The molecule has 2 aromatic heterocycles. The molecule has 1 aliphatic carbocycles. The summed E-state index contributed by atoms with van der Waals surface area (Å²) in [5.41, 5.74) is 1.17. The highest BCUT2D eigenvalue weighted by molar-refractivity contribution is 7.17. The summed E-state index contributed by atoms with van der Waals surface area (Å²) >= 11 is 1.29. The number of fused-ring (bicyclic) bond motifs is 1. The van der Waals surface area contributed by atoms with Gasteiger partial charge < -0.3 is 19.2 Å². The summed E-state index contributed by atoms with van der Waals surface area (Å²) in [5, 5.41) is 2.99. The summed E-state index contributed by atoms with van der Waals surface area (Å²) < 4.78 is 83.1. The van der Waals surface area contributed by atoms with Crippen LogP contribution in [0.15, 0.2) is 16.5 Å². The smallest absolute Gasteiger partial charge is 0.341 e. The van der Waals surface area contributed by atoms with Gasteiger partial charge in [0, 0.05) is 4.88 Å². The molecular formula is C25H22F5NO5S. The summed E-state index contributed by atoms with van der Waals surface area (Å²) in [6.45, 7) is 2.94. The number of benzene rings is 1. The monoisotopic (exact) mass is 543 g/mol. The standard InChI is InChI=1S/C25H22F5NO5S/c1-3-11(2)35-25(33)16-13-6-4-5-7-15(13)37-24(16)31-23(32)14-9-8-12(36-14)10-34-22-20(29)18(27)17(26)19(28)21(22)30/h8-9,11H,3-7,10H2,1-2H3,(H,31,32). The van der Waals surface area contributed by atoms with Gasteiger partial charge in [0.05, 0.1) is 11.7 Å². The molecule has 1 amide bonds. The number of anilines is 1. The van der Waals surface area contributed by atoms with Crippen molar-refractivity contribution in [1.29, 1.82) is 0 Å². The fourth-order valence-electron chi connectivity index (χ4n) is 3.79. The molecule has 0 spiro atoms.